The van der Waals surface area contributed by atoms with Crippen LogP contribution in [0.25, 0.3) is 0 Å². The van der Waals surface area contributed by atoms with Gasteiger partial charge in [-0.3, -0.25) is 0 Å². The van der Waals surface area contributed by atoms with E-state index in [9.17, 15) is 17.9 Å². The van der Waals surface area contributed by atoms with Gasteiger partial charge in [0.1, 0.15) is 10.7 Å². The lowest BCUT2D eigenvalue weighted by molar-refractivity contribution is 0.167. The van der Waals surface area contributed by atoms with Crippen LogP contribution in [0.4, 0.5) is 10.1 Å². The molecule has 1 rings (SSSR count). The average Bonchev–Trinajstić information content (AvgIpc) is 2.31. The van der Waals surface area contributed by atoms with Crippen molar-refractivity contribution in [2.75, 3.05) is 12.3 Å². The predicted octanol–water partition coefficient (Wildman–Crippen LogP) is 1.16. The molecule has 0 aliphatic heterocycles. The van der Waals surface area contributed by atoms with Gasteiger partial charge in [-0.2, -0.15) is 0 Å². The standard InChI is InChI=1S/C12H19FN2O3S/c1-3-4-9(16)7-15-19(17,18)12-6-11(14)8(2)5-10(12)13/h5-6,9,15-16H,3-4,7,14H2,1-2H3. The first-order valence-corrected chi connectivity index (χ1v) is 7.49. The molecule has 108 valence electrons. The van der Waals surface area contributed by atoms with Crippen LogP contribution in [-0.2, 0) is 10.0 Å². The Morgan fingerprint density at radius 3 is 2.68 bits per heavy atom. The van der Waals surface area contributed by atoms with Crippen LogP contribution < -0.4 is 10.5 Å². The molecule has 0 radical (unpaired) electrons. The third kappa shape index (κ3) is 4.15. The first kappa shape index (κ1) is 15.9. The number of hydrogen-bond acceptors (Lipinski definition) is 4. The summed E-state index contributed by atoms with van der Waals surface area (Å²) in [6, 6.07) is 2.16. The van der Waals surface area contributed by atoms with Crippen LogP contribution in [0.1, 0.15) is 25.3 Å². The molecule has 0 spiro atoms. The maximum Gasteiger partial charge on any atom is 0.243 e. The minimum atomic E-state index is -4.01. The van der Waals surface area contributed by atoms with E-state index in [1.165, 1.54) is 0 Å². The van der Waals surface area contributed by atoms with E-state index < -0.39 is 26.8 Å². The molecule has 0 saturated heterocycles. The lowest BCUT2D eigenvalue weighted by Crippen LogP contribution is -2.32. The summed E-state index contributed by atoms with van der Waals surface area (Å²) in [5, 5.41) is 9.48. The highest BCUT2D eigenvalue weighted by atomic mass is 32.2. The molecular formula is C12H19FN2O3S. The number of aliphatic hydroxyl groups excluding tert-OH is 1. The van der Waals surface area contributed by atoms with Gasteiger partial charge in [-0.05, 0) is 31.0 Å². The molecule has 0 fully saturated rings. The minimum absolute atomic E-state index is 0.149. The van der Waals surface area contributed by atoms with Crippen molar-refractivity contribution in [1.82, 2.24) is 4.72 Å². The van der Waals surface area contributed by atoms with E-state index in [1.54, 1.807) is 6.92 Å². The summed E-state index contributed by atoms with van der Waals surface area (Å²) in [6.07, 6.45) is 0.418. The first-order valence-electron chi connectivity index (χ1n) is 6.01. The second-order valence-corrected chi connectivity index (χ2v) is 6.17. The van der Waals surface area contributed by atoms with Crippen LogP contribution in [0.15, 0.2) is 17.0 Å². The van der Waals surface area contributed by atoms with Gasteiger partial charge in [-0.1, -0.05) is 13.3 Å². The van der Waals surface area contributed by atoms with Crippen LogP contribution in [0.2, 0.25) is 0 Å². The number of nitrogen functional groups attached to an aromatic ring is 1. The predicted molar refractivity (Wildman–Crippen MR) is 71.7 cm³/mol. The molecule has 0 saturated carbocycles. The number of benzene rings is 1. The Morgan fingerprint density at radius 2 is 2.11 bits per heavy atom. The number of halogens is 1. The van der Waals surface area contributed by atoms with Crippen LogP contribution >= 0.6 is 0 Å². The molecule has 0 heterocycles. The van der Waals surface area contributed by atoms with Crippen molar-refractivity contribution >= 4 is 15.7 Å². The van der Waals surface area contributed by atoms with Gasteiger partial charge in [0.15, 0.2) is 0 Å². The Bertz CT molecular complexity index is 546. The summed E-state index contributed by atoms with van der Waals surface area (Å²) in [5.41, 5.74) is 6.26. The van der Waals surface area contributed by atoms with Crippen molar-refractivity contribution in [2.24, 2.45) is 0 Å². The monoisotopic (exact) mass is 290 g/mol. The van der Waals surface area contributed by atoms with Gasteiger partial charge in [0, 0.05) is 12.2 Å². The zero-order chi connectivity index (χ0) is 14.6. The normalized spacial score (nSPS) is 13.5. The molecule has 0 aliphatic rings. The summed E-state index contributed by atoms with van der Waals surface area (Å²) >= 11 is 0. The molecule has 1 aromatic rings. The van der Waals surface area contributed by atoms with E-state index >= 15 is 0 Å². The number of anilines is 1. The van der Waals surface area contributed by atoms with Crippen molar-refractivity contribution in [3.8, 4) is 0 Å². The molecule has 1 atom stereocenters. The number of aryl methyl sites for hydroxylation is 1. The van der Waals surface area contributed by atoms with E-state index in [0.717, 1.165) is 18.6 Å². The Morgan fingerprint density at radius 1 is 1.47 bits per heavy atom. The van der Waals surface area contributed by atoms with Crippen molar-refractivity contribution in [3.05, 3.63) is 23.5 Å². The Kier molecular flexibility index (Phi) is 5.28. The van der Waals surface area contributed by atoms with Gasteiger partial charge in [0.05, 0.1) is 6.10 Å². The van der Waals surface area contributed by atoms with Crippen LogP contribution in [-0.4, -0.2) is 26.2 Å². The zero-order valence-electron chi connectivity index (χ0n) is 11.0. The average molecular weight is 290 g/mol. The highest BCUT2D eigenvalue weighted by Gasteiger charge is 2.21. The molecule has 4 N–H and O–H groups in total. The van der Waals surface area contributed by atoms with Gasteiger partial charge in [0.25, 0.3) is 0 Å². The summed E-state index contributed by atoms with van der Waals surface area (Å²) in [5.74, 6) is -0.857. The third-order valence-electron chi connectivity index (χ3n) is 2.74. The topological polar surface area (TPSA) is 92.4 Å². The molecule has 1 unspecified atom stereocenters. The number of rotatable bonds is 6. The number of sulfonamides is 1. The summed E-state index contributed by atoms with van der Waals surface area (Å²) in [6.45, 7) is 3.31. The van der Waals surface area contributed by atoms with Crippen molar-refractivity contribution in [1.29, 1.82) is 0 Å². The van der Waals surface area contributed by atoms with E-state index in [-0.39, 0.29) is 12.2 Å². The molecule has 0 bridgehead atoms. The molecule has 0 aliphatic carbocycles. The van der Waals surface area contributed by atoms with Crippen molar-refractivity contribution in [2.45, 2.75) is 37.7 Å². The van der Waals surface area contributed by atoms with Gasteiger partial charge in [-0.25, -0.2) is 17.5 Å². The lowest BCUT2D eigenvalue weighted by Gasteiger charge is -2.12. The Hall–Kier alpha value is -1.18. The summed E-state index contributed by atoms with van der Waals surface area (Å²) < 4.78 is 39.7. The summed E-state index contributed by atoms with van der Waals surface area (Å²) in [4.78, 5) is -0.501. The van der Waals surface area contributed by atoms with Crippen molar-refractivity contribution < 1.29 is 17.9 Å². The fourth-order valence-electron chi connectivity index (χ4n) is 1.59. The molecule has 0 aromatic heterocycles. The second kappa shape index (κ2) is 6.31. The van der Waals surface area contributed by atoms with Crippen molar-refractivity contribution in [3.63, 3.8) is 0 Å². The first-order chi connectivity index (χ1) is 8.77. The summed E-state index contributed by atoms with van der Waals surface area (Å²) in [7, 11) is -4.01. The van der Waals surface area contributed by atoms with Crippen LogP contribution in [0, 0.1) is 12.7 Å². The lowest BCUT2D eigenvalue weighted by atomic mass is 10.2. The zero-order valence-corrected chi connectivity index (χ0v) is 11.8. The Balaban J connectivity index is 2.92. The van der Waals surface area contributed by atoms with E-state index in [4.69, 9.17) is 5.73 Å². The molecule has 19 heavy (non-hydrogen) atoms. The molecule has 0 amide bonds. The highest BCUT2D eigenvalue weighted by molar-refractivity contribution is 7.89. The quantitative estimate of drug-likeness (QED) is 0.685. The molecule has 1 aromatic carbocycles. The van der Waals surface area contributed by atoms with Gasteiger partial charge < -0.3 is 10.8 Å². The number of aliphatic hydroxyl groups is 1. The maximum absolute atomic E-state index is 13.7. The van der Waals surface area contributed by atoms with E-state index in [2.05, 4.69) is 4.72 Å². The van der Waals surface area contributed by atoms with Gasteiger partial charge >= 0.3 is 0 Å². The van der Waals surface area contributed by atoms with Gasteiger partial charge in [-0.15, -0.1) is 0 Å². The Labute approximate surface area is 112 Å². The SMILES string of the molecule is CCCC(O)CNS(=O)(=O)c1cc(N)c(C)cc1F. The second-order valence-electron chi connectivity index (χ2n) is 4.43. The number of nitrogens with one attached hydrogen (secondary N) is 1. The van der Waals surface area contributed by atoms with Crippen LogP contribution in [0.3, 0.4) is 0 Å². The van der Waals surface area contributed by atoms with Gasteiger partial charge in [0.2, 0.25) is 10.0 Å². The van der Waals surface area contributed by atoms with E-state index in [0.29, 0.717) is 12.0 Å². The maximum atomic E-state index is 13.7. The number of nitrogens with two attached hydrogens (primary N) is 1. The highest BCUT2D eigenvalue weighted by Crippen LogP contribution is 2.21. The molecular weight excluding hydrogens is 271 g/mol. The molecule has 7 heteroatoms. The fourth-order valence-corrected chi connectivity index (χ4v) is 2.76. The van der Waals surface area contributed by atoms with Crippen LogP contribution in [0.5, 0.6) is 0 Å². The largest absolute Gasteiger partial charge is 0.398 e. The smallest absolute Gasteiger partial charge is 0.243 e. The molecule has 5 nitrogen and oxygen atoms in total. The third-order valence-corrected chi connectivity index (χ3v) is 4.18. The minimum Gasteiger partial charge on any atom is -0.398 e. The fraction of sp³-hybridized carbons (Fsp3) is 0.500. The number of hydrogen-bond donors (Lipinski definition) is 3. The van der Waals surface area contributed by atoms with E-state index in [1.807, 2.05) is 6.92 Å².